The van der Waals surface area contributed by atoms with Crippen molar-refractivity contribution in [3.8, 4) is 0 Å². The Morgan fingerprint density at radius 2 is 1.40 bits per heavy atom. The maximum Gasteiger partial charge on any atom is 0.162 e. The number of carbonyl (C=O) groups excluding carboxylic acids is 1. The van der Waals surface area contributed by atoms with E-state index in [0.717, 1.165) is 19.3 Å². The quantitative estimate of drug-likeness (QED) is 0.805. The molecule has 0 radical (unpaired) electrons. The molecule has 4 saturated carbocycles. The lowest BCUT2D eigenvalue weighted by Gasteiger charge is -2.56. The maximum absolute atomic E-state index is 12.8. The molecule has 20 heavy (non-hydrogen) atoms. The molecule has 4 aliphatic rings. The minimum atomic E-state index is -3.34. The fourth-order valence-electron chi connectivity index (χ4n) is 4.99. The van der Waals surface area contributed by atoms with E-state index < -0.39 is 14.6 Å². The SMILES string of the molecule is CC(C)(C)S(=O)(=O)CC(=O)C12CC3CC(CC(C3)C1)C2. The average Bonchev–Trinajstić information content (AvgIpc) is 2.24. The molecule has 114 valence electrons. The van der Waals surface area contributed by atoms with Gasteiger partial charge in [-0.05, 0) is 77.0 Å². The van der Waals surface area contributed by atoms with Crippen LogP contribution in [0.3, 0.4) is 0 Å². The van der Waals surface area contributed by atoms with E-state index in [1.54, 1.807) is 20.8 Å². The molecule has 0 heterocycles. The highest BCUT2D eigenvalue weighted by atomic mass is 32.2. The number of Topliss-reactive ketones (excluding diaryl/α,β-unsaturated/α-hetero) is 1. The van der Waals surface area contributed by atoms with Gasteiger partial charge in [0.15, 0.2) is 15.6 Å². The minimum absolute atomic E-state index is 0.0199. The van der Waals surface area contributed by atoms with Crippen LogP contribution in [0.15, 0.2) is 0 Å². The van der Waals surface area contributed by atoms with Gasteiger partial charge in [-0.3, -0.25) is 4.79 Å². The van der Waals surface area contributed by atoms with Crippen LogP contribution in [0.2, 0.25) is 0 Å². The van der Waals surface area contributed by atoms with Crippen LogP contribution >= 0.6 is 0 Å². The van der Waals surface area contributed by atoms with Gasteiger partial charge >= 0.3 is 0 Å². The minimum Gasteiger partial charge on any atom is -0.298 e. The number of rotatable bonds is 3. The van der Waals surface area contributed by atoms with Gasteiger partial charge < -0.3 is 0 Å². The number of carbonyl (C=O) groups is 1. The first-order valence-electron chi connectivity index (χ1n) is 7.87. The molecule has 0 N–H and O–H groups in total. The van der Waals surface area contributed by atoms with Gasteiger partial charge in [-0.2, -0.15) is 0 Å². The van der Waals surface area contributed by atoms with Crippen LogP contribution in [0.5, 0.6) is 0 Å². The summed E-state index contributed by atoms with van der Waals surface area (Å²) in [5.74, 6) is 1.82. The van der Waals surface area contributed by atoms with Crippen LogP contribution < -0.4 is 0 Å². The topological polar surface area (TPSA) is 51.2 Å². The highest BCUT2D eigenvalue weighted by Gasteiger charge is 2.55. The predicted octanol–water partition coefficient (Wildman–Crippen LogP) is 2.99. The summed E-state index contributed by atoms with van der Waals surface area (Å²) in [7, 11) is -3.34. The van der Waals surface area contributed by atoms with Crippen LogP contribution in [-0.2, 0) is 14.6 Å². The normalized spacial score (nSPS) is 40.0. The largest absolute Gasteiger partial charge is 0.298 e. The summed E-state index contributed by atoms with van der Waals surface area (Å²) in [5.41, 5.74) is -0.285. The molecule has 0 unspecified atom stereocenters. The van der Waals surface area contributed by atoms with Crippen molar-refractivity contribution in [2.24, 2.45) is 23.2 Å². The molecule has 4 rings (SSSR count). The van der Waals surface area contributed by atoms with Gasteiger partial charge in [0.1, 0.15) is 5.75 Å². The van der Waals surface area contributed by atoms with Gasteiger partial charge in [0.2, 0.25) is 0 Å². The van der Waals surface area contributed by atoms with Crippen molar-refractivity contribution in [3.63, 3.8) is 0 Å². The van der Waals surface area contributed by atoms with E-state index in [1.807, 2.05) is 0 Å². The van der Waals surface area contributed by atoms with Crippen LogP contribution in [0, 0.1) is 23.2 Å². The van der Waals surface area contributed by atoms with E-state index in [-0.39, 0.29) is 17.0 Å². The molecule has 4 heteroatoms. The Morgan fingerprint density at radius 1 is 1.00 bits per heavy atom. The zero-order chi connectivity index (χ0) is 14.8. The number of hydrogen-bond acceptors (Lipinski definition) is 3. The van der Waals surface area contributed by atoms with E-state index >= 15 is 0 Å². The number of sulfone groups is 1. The van der Waals surface area contributed by atoms with Crippen molar-refractivity contribution in [3.05, 3.63) is 0 Å². The van der Waals surface area contributed by atoms with E-state index in [4.69, 9.17) is 0 Å². The fraction of sp³-hybridized carbons (Fsp3) is 0.938. The van der Waals surface area contributed by atoms with Crippen molar-refractivity contribution in [1.82, 2.24) is 0 Å². The Labute approximate surface area is 122 Å². The molecule has 4 fully saturated rings. The Hall–Kier alpha value is -0.380. The van der Waals surface area contributed by atoms with Crippen molar-refractivity contribution in [2.75, 3.05) is 5.75 Å². The van der Waals surface area contributed by atoms with E-state index in [9.17, 15) is 13.2 Å². The molecule has 4 aliphatic carbocycles. The molecular formula is C16H26O3S. The first-order valence-corrected chi connectivity index (χ1v) is 9.52. The first-order chi connectivity index (χ1) is 9.11. The van der Waals surface area contributed by atoms with Gasteiger partial charge in [-0.15, -0.1) is 0 Å². The number of hydrogen-bond donors (Lipinski definition) is 0. The molecule has 3 nitrogen and oxygen atoms in total. The highest BCUT2D eigenvalue weighted by molar-refractivity contribution is 7.93. The zero-order valence-electron chi connectivity index (χ0n) is 12.8. The van der Waals surface area contributed by atoms with Crippen LogP contribution in [0.25, 0.3) is 0 Å². The van der Waals surface area contributed by atoms with Gasteiger partial charge in [-0.1, -0.05) is 0 Å². The Morgan fingerprint density at radius 3 is 1.75 bits per heavy atom. The van der Waals surface area contributed by atoms with Crippen LogP contribution in [0.1, 0.15) is 59.3 Å². The average molecular weight is 298 g/mol. The van der Waals surface area contributed by atoms with Crippen molar-refractivity contribution >= 4 is 15.6 Å². The van der Waals surface area contributed by atoms with E-state index in [2.05, 4.69) is 0 Å². The molecule has 0 aliphatic heterocycles. The second-order valence-corrected chi connectivity index (χ2v) is 11.2. The third-order valence-electron chi connectivity index (χ3n) is 5.88. The molecule has 0 saturated heterocycles. The van der Waals surface area contributed by atoms with Crippen LogP contribution in [-0.4, -0.2) is 24.7 Å². The standard InChI is InChI=1S/C16H26O3S/c1-15(2,3)20(18,19)10-14(17)16-7-11-4-12(8-16)6-13(5-11)9-16/h11-13H,4-10H2,1-3H3. The highest BCUT2D eigenvalue weighted by Crippen LogP contribution is 2.60. The molecule has 0 amide bonds. The molecule has 0 aromatic heterocycles. The van der Waals surface area contributed by atoms with Crippen molar-refractivity contribution in [2.45, 2.75) is 64.0 Å². The lowest BCUT2D eigenvalue weighted by molar-refractivity contribution is -0.141. The fourth-order valence-corrected chi connectivity index (χ4v) is 6.08. The lowest BCUT2D eigenvalue weighted by atomic mass is 9.48. The van der Waals surface area contributed by atoms with Crippen molar-refractivity contribution < 1.29 is 13.2 Å². The Kier molecular flexibility index (Phi) is 3.14. The first kappa shape index (κ1) is 14.6. The molecular weight excluding hydrogens is 272 g/mol. The molecule has 4 bridgehead atoms. The number of ketones is 1. The summed E-state index contributed by atoms with van der Waals surface area (Å²) in [4.78, 5) is 12.8. The summed E-state index contributed by atoms with van der Waals surface area (Å²) in [6.07, 6.45) is 6.70. The zero-order valence-corrected chi connectivity index (χ0v) is 13.6. The Bertz CT molecular complexity index is 489. The summed E-state index contributed by atoms with van der Waals surface area (Å²) >= 11 is 0. The molecule has 0 spiro atoms. The summed E-state index contributed by atoms with van der Waals surface area (Å²) in [5, 5.41) is 0. The summed E-state index contributed by atoms with van der Waals surface area (Å²) < 4.78 is 23.8. The summed E-state index contributed by atoms with van der Waals surface area (Å²) in [6.45, 7) is 5.07. The molecule has 0 atom stereocenters. The van der Waals surface area contributed by atoms with Gasteiger partial charge in [-0.25, -0.2) is 8.42 Å². The second kappa shape index (κ2) is 4.31. The second-order valence-electron chi connectivity index (χ2n) is 8.49. The van der Waals surface area contributed by atoms with Gasteiger partial charge in [0, 0.05) is 5.41 Å². The van der Waals surface area contributed by atoms with Gasteiger partial charge in [0.25, 0.3) is 0 Å². The monoisotopic (exact) mass is 298 g/mol. The summed E-state index contributed by atoms with van der Waals surface area (Å²) in [6, 6.07) is 0. The van der Waals surface area contributed by atoms with Gasteiger partial charge in [0.05, 0.1) is 4.75 Å². The predicted molar refractivity (Wildman–Crippen MR) is 79.2 cm³/mol. The van der Waals surface area contributed by atoms with E-state index in [0.29, 0.717) is 17.8 Å². The molecule has 0 aromatic carbocycles. The smallest absolute Gasteiger partial charge is 0.162 e. The Balaban J connectivity index is 1.81. The lowest BCUT2D eigenvalue weighted by Crippen LogP contribution is -2.52. The third kappa shape index (κ3) is 2.24. The third-order valence-corrected chi connectivity index (χ3v) is 8.39. The van der Waals surface area contributed by atoms with Crippen molar-refractivity contribution in [1.29, 1.82) is 0 Å². The van der Waals surface area contributed by atoms with E-state index in [1.165, 1.54) is 19.3 Å². The van der Waals surface area contributed by atoms with Crippen LogP contribution in [0.4, 0.5) is 0 Å². The molecule has 0 aromatic rings. The maximum atomic E-state index is 12.8.